The highest BCUT2D eigenvalue weighted by Gasteiger charge is 2.09. The van der Waals surface area contributed by atoms with E-state index in [1.165, 1.54) is 12.5 Å². The zero-order chi connectivity index (χ0) is 13.8. The van der Waals surface area contributed by atoms with Crippen LogP contribution in [0.25, 0.3) is 0 Å². The van der Waals surface area contributed by atoms with E-state index in [0.717, 1.165) is 5.56 Å². The molecule has 2 aromatic rings. The minimum Gasteiger partial charge on any atom is -0.481 e. The largest absolute Gasteiger partial charge is 0.481 e. The number of benzene rings is 1. The van der Waals surface area contributed by atoms with Gasteiger partial charge in [0, 0.05) is 12.7 Å². The lowest BCUT2D eigenvalue weighted by Crippen LogP contribution is -2.06. The molecule has 0 spiro atoms. The lowest BCUT2D eigenvalue weighted by Gasteiger charge is -2.08. The standard InChI is InChI=1S/C13H12N2O4/c16-12(17)5-9-3-1-2-4-10(9)6-15-7-11(13(18)19)14-8-15/h1-4,7-8H,5-6H2,(H,16,17)(H,18,19). The van der Waals surface area contributed by atoms with Gasteiger partial charge in [-0.05, 0) is 11.1 Å². The SMILES string of the molecule is O=C(O)Cc1ccccc1Cn1cnc(C(=O)O)c1. The maximum Gasteiger partial charge on any atom is 0.356 e. The van der Waals surface area contributed by atoms with Gasteiger partial charge in [0.15, 0.2) is 5.69 Å². The van der Waals surface area contributed by atoms with E-state index in [-0.39, 0.29) is 12.1 Å². The second-order valence-electron chi connectivity index (χ2n) is 4.08. The van der Waals surface area contributed by atoms with Gasteiger partial charge in [0.1, 0.15) is 0 Å². The summed E-state index contributed by atoms with van der Waals surface area (Å²) in [6.45, 7) is 0.393. The van der Waals surface area contributed by atoms with E-state index in [1.807, 2.05) is 12.1 Å². The van der Waals surface area contributed by atoms with E-state index in [9.17, 15) is 9.59 Å². The van der Waals surface area contributed by atoms with Crippen LogP contribution in [0.5, 0.6) is 0 Å². The number of imidazole rings is 1. The van der Waals surface area contributed by atoms with Crippen molar-refractivity contribution in [1.82, 2.24) is 9.55 Å². The van der Waals surface area contributed by atoms with Gasteiger partial charge in [-0.1, -0.05) is 24.3 Å². The Morgan fingerprint density at radius 1 is 1.16 bits per heavy atom. The number of aromatic nitrogens is 2. The minimum atomic E-state index is -1.09. The Bertz CT molecular complexity index is 619. The Morgan fingerprint density at radius 2 is 1.84 bits per heavy atom. The molecule has 1 aromatic heterocycles. The zero-order valence-corrected chi connectivity index (χ0v) is 9.98. The molecule has 6 nitrogen and oxygen atoms in total. The molecule has 6 heteroatoms. The van der Waals surface area contributed by atoms with E-state index in [1.54, 1.807) is 16.7 Å². The average Bonchev–Trinajstić information content (AvgIpc) is 2.80. The van der Waals surface area contributed by atoms with Crippen molar-refractivity contribution in [3.05, 3.63) is 53.6 Å². The number of carbonyl (C=O) groups is 2. The molecule has 1 aromatic carbocycles. The molecule has 0 amide bonds. The molecule has 0 fully saturated rings. The molecule has 0 radical (unpaired) electrons. The number of hydrogen-bond acceptors (Lipinski definition) is 3. The zero-order valence-electron chi connectivity index (χ0n) is 9.98. The first-order valence-corrected chi connectivity index (χ1v) is 5.60. The van der Waals surface area contributed by atoms with Crippen molar-refractivity contribution in [3.63, 3.8) is 0 Å². The molecule has 0 saturated heterocycles. The molecule has 0 unspecified atom stereocenters. The Kier molecular flexibility index (Phi) is 3.61. The third-order valence-corrected chi connectivity index (χ3v) is 2.67. The summed E-state index contributed by atoms with van der Waals surface area (Å²) in [6.07, 6.45) is 2.78. The molecule has 2 rings (SSSR count). The van der Waals surface area contributed by atoms with Crippen LogP contribution in [0.4, 0.5) is 0 Å². The minimum absolute atomic E-state index is 0.0317. The summed E-state index contributed by atoms with van der Waals surface area (Å²) in [5, 5.41) is 17.6. The fraction of sp³-hybridized carbons (Fsp3) is 0.154. The van der Waals surface area contributed by atoms with E-state index < -0.39 is 11.9 Å². The van der Waals surface area contributed by atoms with E-state index in [4.69, 9.17) is 10.2 Å². The van der Waals surface area contributed by atoms with Crippen LogP contribution in [0.15, 0.2) is 36.8 Å². The van der Waals surface area contributed by atoms with Crippen LogP contribution in [-0.2, 0) is 17.8 Å². The third kappa shape index (κ3) is 3.19. The van der Waals surface area contributed by atoms with Crippen molar-refractivity contribution in [2.45, 2.75) is 13.0 Å². The van der Waals surface area contributed by atoms with Gasteiger partial charge >= 0.3 is 11.9 Å². The average molecular weight is 260 g/mol. The lowest BCUT2D eigenvalue weighted by atomic mass is 10.0. The maximum atomic E-state index is 10.8. The van der Waals surface area contributed by atoms with Crippen LogP contribution < -0.4 is 0 Å². The molecule has 0 bridgehead atoms. The van der Waals surface area contributed by atoms with Crippen molar-refractivity contribution in [2.75, 3.05) is 0 Å². The van der Waals surface area contributed by atoms with Crippen molar-refractivity contribution in [3.8, 4) is 0 Å². The number of rotatable bonds is 5. The quantitative estimate of drug-likeness (QED) is 0.844. The van der Waals surface area contributed by atoms with Gasteiger partial charge in [0.2, 0.25) is 0 Å². The fourth-order valence-electron chi connectivity index (χ4n) is 1.80. The molecule has 98 valence electrons. The van der Waals surface area contributed by atoms with Crippen LogP contribution in [0.1, 0.15) is 21.6 Å². The first-order valence-electron chi connectivity index (χ1n) is 5.60. The van der Waals surface area contributed by atoms with Crippen molar-refractivity contribution < 1.29 is 19.8 Å². The highest BCUT2D eigenvalue weighted by Crippen LogP contribution is 2.12. The summed E-state index contributed by atoms with van der Waals surface area (Å²) in [6, 6.07) is 7.16. The van der Waals surface area contributed by atoms with E-state index in [0.29, 0.717) is 12.1 Å². The highest BCUT2D eigenvalue weighted by molar-refractivity contribution is 5.84. The van der Waals surface area contributed by atoms with Gasteiger partial charge in [-0.15, -0.1) is 0 Å². The summed E-state index contributed by atoms with van der Waals surface area (Å²) in [7, 11) is 0. The Labute approximate surface area is 108 Å². The molecule has 1 heterocycles. The van der Waals surface area contributed by atoms with E-state index >= 15 is 0 Å². The van der Waals surface area contributed by atoms with Crippen LogP contribution in [0.3, 0.4) is 0 Å². The second kappa shape index (κ2) is 5.34. The Morgan fingerprint density at radius 3 is 2.42 bits per heavy atom. The van der Waals surface area contributed by atoms with E-state index in [2.05, 4.69) is 4.98 Å². The van der Waals surface area contributed by atoms with Gasteiger partial charge in [0.05, 0.1) is 12.7 Å². The summed E-state index contributed by atoms with van der Waals surface area (Å²) in [4.78, 5) is 25.2. The van der Waals surface area contributed by atoms with Crippen LogP contribution >= 0.6 is 0 Å². The summed E-state index contributed by atoms with van der Waals surface area (Å²) in [5.41, 5.74) is 1.51. The Balaban J connectivity index is 2.22. The Hall–Kier alpha value is -2.63. The summed E-state index contributed by atoms with van der Waals surface area (Å²) < 4.78 is 1.62. The predicted octanol–water partition coefficient (Wildman–Crippen LogP) is 1.26. The molecule has 0 atom stereocenters. The van der Waals surface area contributed by atoms with Gasteiger partial charge in [-0.3, -0.25) is 4.79 Å². The fourth-order valence-corrected chi connectivity index (χ4v) is 1.80. The number of nitrogens with zero attached hydrogens (tertiary/aromatic N) is 2. The topological polar surface area (TPSA) is 92.4 Å². The molecule has 2 N–H and O–H groups in total. The second-order valence-corrected chi connectivity index (χ2v) is 4.08. The number of carboxylic acid groups (broad SMARTS) is 2. The van der Waals surface area contributed by atoms with Crippen LogP contribution in [-0.4, -0.2) is 31.7 Å². The number of hydrogen-bond donors (Lipinski definition) is 2. The van der Waals surface area contributed by atoms with Crippen molar-refractivity contribution in [2.24, 2.45) is 0 Å². The molecule has 0 aliphatic heterocycles. The number of aliphatic carboxylic acids is 1. The molecular weight excluding hydrogens is 248 g/mol. The maximum absolute atomic E-state index is 10.8. The molecule has 0 saturated carbocycles. The molecule has 19 heavy (non-hydrogen) atoms. The van der Waals surface area contributed by atoms with Gasteiger partial charge in [-0.25, -0.2) is 9.78 Å². The van der Waals surface area contributed by atoms with Gasteiger partial charge in [-0.2, -0.15) is 0 Å². The molecule has 0 aliphatic carbocycles. The molecule has 0 aliphatic rings. The predicted molar refractivity (Wildman–Crippen MR) is 66.1 cm³/mol. The van der Waals surface area contributed by atoms with Crippen LogP contribution in [0.2, 0.25) is 0 Å². The monoisotopic (exact) mass is 260 g/mol. The lowest BCUT2D eigenvalue weighted by molar-refractivity contribution is -0.136. The summed E-state index contributed by atoms with van der Waals surface area (Å²) >= 11 is 0. The van der Waals surface area contributed by atoms with Crippen molar-refractivity contribution >= 4 is 11.9 Å². The van der Waals surface area contributed by atoms with Gasteiger partial charge in [0.25, 0.3) is 0 Å². The summed E-state index contributed by atoms with van der Waals surface area (Å²) in [5.74, 6) is -1.98. The van der Waals surface area contributed by atoms with Crippen molar-refractivity contribution in [1.29, 1.82) is 0 Å². The third-order valence-electron chi connectivity index (χ3n) is 2.67. The number of carboxylic acids is 2. The highest BCUT2D eigenvalue weighted by atomic mass is 16.4. The smallest absolute Gasteiger partial charge is 0.356 e. The first-order chi connectivity index (χ1) is 9.06. The van der Waals surface area contributed by atoms with Gasteiger partial charge < -0.3 is 14.8 Å². The normalized spacial score (nSPS) is 10.3. The number of aromatic carboxylic acids is 1. The molecular formula is C13H12N2O4. The van der Waals surface area contributed by atoms with Crippen LogP contribution in [0, 0.1) is 0 Å². The first kappa shape index (κ1) is 12.8.